The Balaban J connectivity index is 1.71. The summed E-state index contributed by atoms with van der Waals surface area (Å²) in [5.74, 6) is -0.361. The summed E-state index contributed by atoms with van der Waals surface area (Å²) in [5, 5.41) is 7.14. The number of para-hydroxylation sites is 1. The Kier molecular flexibility index (Phi) is 4.72. The van der Waals surface area contributed by atoms with Gasteiger partial charge in [-0.15, -0.1) is 0 Å². The highest BCUT2D eigenvalue weighted by atomic mass is 35.5. The highest BCUT2D eigenvalue weighted by molar-refractivity contribution is 6.33. The van der Waals surface area contributed by atoms with Crippen LogP contribution in [-0.2, 0) is 4.79 Å². The number of aromatic nitrogens is 3. The first kappa shape index (κ1) is 15.9. The van der Waals surface area contributed by atoms with Crippen molar-refractivity contribution >= 4 is 23.2 Å². The Morgan fingerprint density at radius 1 is 1.25 bits per heavy atom. The van der Waals surface area contributed by atoms with Crippen molar-refractivity contribution in [3.05, 3.63) is 66.0 Å². The summed E-state index contributed by atoms with van der Waals surface area (Å²) in [6.45, 7) is -0.227. The van der Waals surface area contributed by atoms with Gasteiger partial charge in [0.2, 0.25) is 0 Å². The van der Waals surface area contributed by atoms with Crippen LogP contribution >= 0.6 is 11.6 Å². The van der Waals surface area contributed by atoms with Gasteiger partial charge in [0, 0.05) is 0 Å². The van der Waals surface area contributed by atoms with E-state index >= 15 is 0 Å². The molecule has 6 nitrogen and oxygen atoms in total. The van der Waals surface area contributed by atoms with Crippen molar-refractivity contribution in [2.24, 2.45) is 0 Å². The average molecular weight is 347 g/mol. The molecular formula is C16H12ClFN4O2. The van der Waals surface area contributed by atoms with Gasteiger partial charge in [0.1, 0.15) is 29.9 Å². The van der Waals surface area contributed by atoms with Gasteiger partial charge in [-0.25, -0.2) is 14.1 Å². The normalized spacial score (nSPS) is 10.4. The van der Waals surface area contributed by atoms with Crippen molar-refractivity contribution in [3.63, 3.8) is 0 Å². The first-order valence-corrected chi connectivity index (χ1v) is 7.33. The number of carbonyl (C=O) groups excluding carboxylic acids is 1. The summed E-state index contributed by atoms with van der Waals surface area (Å²) >= 11 is 6.19. The quantitative estimate of drug-likeness (QED) is 0.770. The van der Waals surface area contributed by atoms with E-state index in [2.05, 4.69) is 15.4 Å². The lowest BCUT2D eigenvalue weighted by atomic mass is 10.2. The minimum atomic E-state index is -0.386. The van der Waals surface area contributed by atoms with E-state index in [9.17, 15) is 9.18 Å². The third kappa shape index (κ3) is 3.69. The van der Waals surface area contributed by atoms with Gasteiger partial charge in [-0.1, -0.05) is 17.7 Å². The van der Waals surface area contributed by atoms with E-state index in [0.29, 0.717) is 22.1 Å². The van der Waals surface area contributed by atoms with Gasteiger partial charge in [-0.2, -0.15) is 5.10 Å². The van der Waals surface area contributed by atoms with Crippen molar-refractivity contribution in [1.82, 2.24) is 14.8 Å². The summed E-state index contributed by atoms with van der Waals surface area (Å²) in [4.78, 5) is 16.0. The summed E-state index contributed by atoms with van der Waals surface area (Å²) < 4.78 is 19.6. The number of benzene rings is 2. The molecule has 0 atom stereocenters. The molecule has 0 aliphatic heterocycles. The van der Waals surface area contributed by atoms with Crippen molar-refractivity contribution in [2.75, 3.05) is 11.9 Å². The molecular weight excluding hydrogens is 335 g/mol. The molecule has 3 rings (SSSR count). The Morgan fingerprint density at radius 3 is 2.75 bits per heavy atom. The monoisotopic (exact) mass is 346 g/mol. The van der Waals surface area contributed by atoms with Crippen molar-refractivity contribution in [2.45, 2.75) is 0 Å². The SMILES string of the molecule is O=C(COc1ccc(F)cc1)Nc1cccc(Cl)c1-n1cncn1. The maximum atomic E-state index is 12.8. The van der Waals surface area contributed by atoms with Crippen LogP contribution in [0.15, 0.2) is 55.1 Å². The number of carbonyl (C=O) groups is 1. The van der Waals surface area contributed by atoms with Crippen LogP contribution < -0.4 is 10.1 Å². The summed E-state index contributed by atoms with van der Waals surface area (Å²) in [6, 6.07) is 10.5. The number of hydrogen-bond acceptors (Lipinski definition) is 4. The van der Waals surface area contributed by atoms with E-state index in [-0.39, 0.29) is 18.3 Å². The zero-order valence-electron chi connectivity index (χ0n) is 12.3. The minimum Gasteiger partial charge on any atom is -0.484 e. The molecule has 0 fully saturated rings. The second-order valence-electron chi connectivity index (χ2n) is 4.77. The minimum absolute atomic E-state index is 0.227. The van der Waals surface area contributed by atoms with Gasteiger partial charge >= 0.3 is 0 Å². The molecule has 1 heterocycles. The average Bonchev–Trinajstić information content (AvgIpc) is 3.08. The van der Waals surface area contributed by atoms with E-state index in [1.165, 1.54) is 41.6 Å². The molecule has 0 bridgehead atoms. The predicted molar refractivity (Wildman–Crippen MR) is 86.9 cm³/mol. The number of hydrogen-bond donors (Lipinski definition) is 1. The number of nitrogens with zero attached hydrogens (tertiary/aromatic N) is 3. The van der Waals surface area contributed by atoms with Crippen LogP contribution in [0.3, 0.4) is 0 Å². The number of halogens is 2. The molecule has 24 heavy (non-hydrogen) atoms. The van der Waals surface area contributed by atoms with Crippen molar-refractivity contribution in [1.29, 1.82) is 0 Å². The molecule has 3 aromatic rings. The standard InChI is InChI=1S/C16H12ClFN4O2/c17-13-2-1-3-14(16(13)22-10-19-9-20-22)21-15(23)8-24-12-6-4-11(18)5-7-12/h1-7,9-10H,8H2,(H,21,23). The lowest BCUT2D eigenvalue weighted by Crippen LogP contribution is -2.21. The van der Waals surface area contributed by atoms with E-state index in [4.69, 9.17) is 16.3 Å². The fraction of sp³-hybridized carbons (Fsp3) is 0.0625. The number of nitrogens with one attached hydrogen (secondary N) is 1. The van der Waals surface area contributed by atoms with Gasteiger partial charge in [0.05, 0.1) is 10.7 Å². The smallest absolute Gasteiger partial charge is 0.262 e. The van der Waals surface area contributed by atoms with Crippen LogP contribution in [0.2, 0.25) is 5.02 Å². The van der Waals surface area contributed by atoms with Crippen LogP contribution in [0.1, 0.15) is 0 Å². The molecule has 122 valence electrons. The maximum Gasteiger partial charge on any atom is 0.262 e. The fourth-order valence-electron chi connectivity index (χ4n) is 2.04. The van der Waals surface area contributed by atoms with Crippen LogP contribution in [0.4, 0.5) is 10.1 Å². The largest absolute Gasteiger partial charge is 0.484 e. The topological polar surface area (TPSA) is 69.0 Å². The Labute approximate surface area is 141 Å². The van der Waals surface area contributed by atoms with Crippen LogP contribution in [-0.4, -0.2) is 27.3 Å². The second-order valence-corrected chi connectivity index (χ2v) is 5.17. The van der Waals surface area contributed by atoms with Gasteiger partial charge in [0.15, 0.2) is 6.61 Å². The molecule has 0 aliphatic carbocycles. The molecule has 0 spiro atoms. The van der Waals surface area contributed by atoms with Crippen LogP contribution in [0.5, 0.6) is 5.75 Å². The number of amides is 1. The van der Waals surface area contributed by atoms with Crippen LogP contribution in [0, 0.1) is 5.82 Å². The molecule has 1 aromatic heterocycles. The van der Waals surface area contributed by atoms with E-state index in [1.54, 1.807) is 18.2 Å². The number of ether oxygens (including phenoxy) is 1. The molecule has 2 aromatic carbocycles. The Morgan fingerprint density at radius 2 is 2.04 bits per heavy atom. The van der Waals surface area contributed by atoms with E-state index in [0.717, 1.165) is 0 Å². The van der Waals surface area contributed by atoms with Gasteiger partial charge < -0.3 is 10.1 Å². The first-order valence-electron chi connectivity index (χ1n) is 6.95. The first-order chi connectivity index (χ1) is 11.6. The van der Waals surface area contributed by atoms with Crippen LogP contribution in [0.25, 0.3) is 5.69 Å². The zero-order valence-corrected chi connectivity index (χ0v) is 13.1. The fourth-order valence-corrected chi connectivity index (χ4v) is 2.30. The van der Waals surface area contributed by atoms with Crippen molar-refractivity contribution < 1.29 is 13.9 Å². The summed E-state index contributed by atoms with van der Waals surface area (Å²) in [7, 11) is 0. The molecule has 1 amide bonds. The zero-order chi connectivity index (χ0) is 16.9. The second kappa shape index (κ2) is 7.10. The molecule has 0 aliphatic rings. The maximum absolute atomic E-state index is 12.8. The van der Waals surface area contributed by atoms with E-state index < -0.39 is 0 Å². The highest BCUT2D eigenvalue weighted by Gasteiger charge is 2.13. The van der Waals surface area contributed by atoms with Crippen molar-refractivity contribution in [3.8, 4) is 11.4 Å². The molecule has 0 radical (unpaired) electrons. The Bertz CT molecular complexity index is 838. The third-order valence-corrected chi connectivity index (χ3v) is 3.40. The van der Waals surface area contributed by atoms with Gasteiger partial charge in [-0.05, 0) is 36.4 Å². The molecule has 1 N–H and O–H groups in total. The Hall–Kier alpha value is -2.93. The highest BCUT2D eigenvalue weighted by Crippen LogP contribution is 2.27. The molecule has 0 saturated heterocycles. The van der Waals surface area contributed by atoms with Gasteiger partial charge in [-0.3, -0.25) is 4.79 Å². The summed E-state index contributed by atoms with van der Waals surface area (Å²) in [5.41, 5.74) is 0.979. The molecule has 8 heteroatoms. The van der Waals surface area contributed by atoms with E-state index in [1.807, 2.05) is 0 Å². The molecule has 0 unspecified atom stereocenters. The van der Waals surface area contributed by atoms with Gasteiger partial charge in [0.25, 0.3) is 5.91 Å². The lowest BCUT2D eigenvalue weighted by molar-refractivity contribution is -0.118. The predicted octanol–water partition coefficient (Wildman–Crippen LogP) is 3.08. The number of rotatable bonds is 5. The number of anilines is 1. The lowest BCUT2D eigenvalue weighted by Gasteiger charge is -2.12. The molecule has 0 saturated carbocycles. The third-order valence-electron chi connectivity index (χ3n) is 3.09. The summed E-state index contributed by atoms with van der Waals surface area (Å²) in [6.07, 6.45) is 2.85.